The first-order valence-electron chi connectivity index (χ1n) is 9.30. The van der Waals surface area contributed by atoms with E-state index in [1.807, 2.05) is 49.4 Å². The predicted octanol–water partition coefficient (Wildman–Crippen LogP) is 3.90. The average Bonchev–Trinajstić information content (AvgIpc) is 3.19. The number of ether oxygens (including phenoxy) is 2. The van der Waals surface area contributed by atoms with Crippen molar-refractivity contribution in [2.75, 3.05) is 12.4 Å². The average molecular weight is 470 g/mol. The highest BCUT2D eigenvalue weighted by Crippen LogP contribution is 2.42. The lowest BCUT2D eigenvalue weighted by Crippen LogP contribution is -2.28. The van der Waals surface area contributed by atoms with E-state index in [0.717, 1.165) is 11.1 Å². The maximum Gasteiger partial charge on any atom is 0.248 e. The van der Waals surface area contributed by atoms with Crippen molar-refractivity contribution in [2.24, 2.45) is 0 Å². The Balaban J connectivity index is 1.75. The molecule has 0 aliphatic carbocycles. The Morgan fingerprint density at radius 3 is 2.73 bits per heavy atom. The van der Waals surface area contributed by atoms with Crippen molar-refractivity contribution in [3.8, 4) is 11.5 Å². The van der Waals surface area contributed by atoms with Gasteiger partial charge in [0.05, 0.1) is 11.6 Å². The van der Waals surface area contributed by atoms with Crippen LogP contribution in [-0.4, -0.2) is 33.1 Å². The SMILES string of the molecule is COc1cc(C2C(C(C)=O)=C(C)Nc3nnnn32)cc(Br)c1OCc1ccccc1. The summed E-state index contributed by atoms with van der Waals surface area (Å²) >= 11 is 3.60. The van der Waals surface area contributed by atoms with Crippen LogP contribution < -0.4 is 14.8 Å². The van der Waals surface area contributed by atoms with E-state index in [2.05, 4.69) is 36.8 Å². The van der Waals surface area contributed by atoms with Gasteiger partial charge in [0.15, 0.2) is 17.3 Å². The number of carbonyl (C=O) groups excluding carboxylic acids is 1. The van der Waals surface area contributed by atoms with E-state index in [-0.39, 0.29) is 5.78 Å². The topological polar surface area (TPSA) is 91.2 Å². The van der Waals surface area contributed by atoms with E-state index in [4.69, 9.17) is 9.47 Å². The van der Waals surface area contributed by atoms with Crippen molar-refractivity contribution in [1.82, 2.24) is 20.2 Å². The molecule has 1 aliphatic heterocycles. The molecular weight excluding hydrogens is 450 g/mol. The van der Waals surface area contributed by atoms with Crippen LogP contribution in [0.4, 0.5) is 5.95 Å². The number of ketones is 1. The molecule has 154 valence electrons. The van der Waals surface area contributed by atoms with E-state index in [9.17, 15) is 4.79 Å². The lowest BCUT2D eigenvalue weighted by Gasteiger charge is -2.28. The first-order valence-corrected chi connectivity index (χ1v) is 10.1. The van der Waals surface area contributed by atoms with Gasteiger partial charge in [0, 0.05) is 11.3 Å². The molecule has 8 nitrogen and oxygen atoms in total. The fourth-order valence-electron chi connectivity index (χ4n) is 3.54. The molecule has 1 atom stereocenters. The van der Waals surface area contributed by atoms with Crippen LogP contribution in [0.15, 0.2) is 58.2 Å². The number of methoxy groups -OCH3 is 1. The minimum Gasteiger partial charge on any atom is -0.493 e. The minimum atomic E-state index is -0.484. The highest BCUT2D eigenvalue weighted by molar-refractivity contribution is 9.10. The van der Waals surface area contributed by atoms with E-state index in [1.165, 1.54) is 6.92 Å². The number of fused-ring (bicyclic) bond motifs is 1. The second-order valence-electron chi connectivity index (χ2n) is 6.88. The Labute approximate surface area is 182 Å². The van der Waals surface area contributed by atoms with Crippen LogP contribution in [0.5, 0.6) is 11.5 Å². The van der Waals surface area contributed by atoms with Gasteiger partial charge in [-0.1, -0.05) is 35.4 Å². The normalized spacial score (nSPS) is 15.4. The third-order valence-corrected chi connectivity index (χ3v) is 5.48. The van der Waals surface area contributed by atoms with E-state index in [1.54, 1.807) is 11.8 Å². The van der Waals surface area contributed by atoms with Crippen LogP contribution in [-0.2, 0) is 11.4 Å². The number of nitrogens with zero attached hydrogens (tertiary/aromatic N) is 4. The maximum absolute atomic E-state index is 12.4. The molecule has 1 unspecified atom stereocenters. The standard InChI is InChI=1S/C21H20BrN5O3/c1-12-18(13(2)28)19(27-21(23-12)24-25-26-27)15-9-16(22)20(17(10-15)29-3)30-11-14-7-5-4-6-8-14/h4-10,19H,11H2,1-3H3,(H,23,24,26). The van der Waals surface area contributed by atoms with Gasteiger partial charge in [0.25, 0.3) is 0 Å². The summed E-state index contributed by atoms with van der Waals surface area (Å²) in [4.78, 5) is 12.4. The lowest BCUT2D eigenvalue weighted by molar-refractivity contribution is -0.114. The lowest BCUT2D eigenvalue weighted by atomic mass is 9.93. The van der Waals surface area contributed by atoms with Gasteiger partial charge < -0.3 is 14.8 Å². The van der Waals surface area contributed by atoms with Crippen LogP contribution in [0.1, 0.15) is 31.0 Å². The minimum absolute atomic E-state index is 0.0642. The van der Waals surface area contributed by atoms with Crippen LogP contribution in [0.25, 0.3) is 0 Å². The molecule has 4 rings (SSSR count). The molecule has 2 aromatic carbocycles. The summed E-state index contributed by atoms with van der Waals surface area (Å²) in [6, 6.07) is 13.2. The van der Waals surface area contributed by atoms with Crippen LogP contribution in [0.3, 0.4) is 0 Å². The van der Waals surface area contributed by atoms with Gasteiger partial charge in [-0.15, -0.1) is 0 Å². The van der Waals surface area contributed by atoms with Crippen molar-refractivity contribution >= 4 is 27.7 Å². The summed E-state index contributed by atoms with van der Waals surface area (Å²) < 4.78 is 13.9. The van der Waals surface area contributed by atoms with E-state index in [0.29, 0.717) is 39.8 Å². The van der Waals surface area contributed by atoms with Gasteiger partial charge in [-0.05, 0) is 63.5 Å². The van der Waals surface area contributed by atoms with Crippen molar-refractivity contribution in [3.05, 3.63) is 69.3 Å². The maximum atomic E-state index is 12.4. The number of Topliss-reactive ketones (excluding diaryl/α,β-unsaturated/α-hetero) is 1. The summed E-state index contributed by atoms with van der Waals surface area (Å²) in [5, 5.41) is 14.9. The number of nitrogens with one attached hydrogen (secondary N) is 1. The molecule has 3 aromatic rings. The van der Waals surface area contributed by atoms with Crippen molar-refractivity contribution in [1.29, 1.82) is 0 Å². The molecule has 0 spiro atoms. The molecule has 0 saturated carbocycles. The molecule has 0 bridgehead atoms. The Morgan fingerprint density at radius 1 is 1.27 bits per heavy atom. The Morgan fingerprint density at radius 2 is 2.03 bits per heavy atom. The van der Waals surface area contributed by atoms with Crippen molar-refractivity contribution in [2.45, 2.75) is 26.5 Å². The monoisotopic (exact) mass is 469 g/mol. The highest BCUT2D eigenvalue weighted by atomic mass is 79.9. The number of rotatable bonds is 6. The molecule has 1 aliphatic rings. The zero-order valence-corrected chi connectivity index (χ0v) is 18.3. The predicted molar refractivity (Wildman–Crippen MR) is 114 cm³/mol. The van der Waals surface area contributed by atoms with Gasteiger partial charge >= 0.3 is 0 Å². The zero-order chi connectivity index (χ0) is 21.3. The summed E-state index contributed by atoms with van der Waals surface area (Å²) in [5.74, 6) is 1.54. The fraction of sp³-hybridized carbons (Fsp3) is 0.238. The van der Waals surface area contributed by atoms with Gasteiger partial charge in [0.1, 0.15) is 12.6 Å². The molecule has 1 N–H and O–H groups in total. The second-order valence-corrected chi connectivity index (χ2v) is 7.73. The Bertz CT molecular complexity index is 1130. The third-order valence-electron chi connectivity index (χ3n) is 4.89. The first kappa shape index (κ1) is 20.1. The number of anilines is 1. The zero-order valence-electron chi connectivity index (χ0n) is 16.7. The van der Waals surface area contributed by atoms with Crippen molar-refractivity contribution < 1.29 is 14.3 Å². The molecule has 9 heteroatoms. The quantitative estimate of drug-likeness (QED) is 0.584. The van der Waals surface area contributed by atoms with Crippen LogP contribution >= 0.6 is 15.9 Å². The first-order chi connectivity index (χ1) is 14.5. The number of halogens is 1. The van der Waals surface area contributed by atoms with Gasteiger partial charge in [-0.2, -0.15) is 4.68 Å². The molecule has 0 saturated heterocycles. The molecule has 0 radical (unpaired) electrons. The van der Waals surface area contributed by atoms with Crippen LogP contribution in [0, 0.1) is 0 Å². The summed E-state index contributed by atoms with van der Waals surface area (Å²) in [5.41, 5.74) is 3.14. The smallest absolute Gasteiger partial charge is 0.248 e. The molecular formula is C21H20BrN5O3. The van der Waals surface area contributed by atoms with Gasteiger partial charge in [-0.25, -0.2) is 0 Å². The number of tetrazole rings is 1. The number of aromatic nitrogens is 4. The number of hydrogen-bond donors (Lipinski definition) is 1. The number of benzene rings is 2. The third kappa shape index (κ3) is 3.68. The van der Waals surface area contributed by atoms with Crippen LogP contribution in [0.2, 0.25) is 0 Å². The molecule has 30 heavy (non-hydrogen) atoms. The molecule has 1 aromatic heterocycles. The van der Waals surface area contributed by atoms with Gasteiger partial charge in [0.2, 0.25) is 5.95 Å². The number of allylic oxidation sites excluding steroid dienone is 2. The van der Waals surface area contributed by atoms with E-state index >= 15 is 0 Å². The van der Waals surface area contributed by atoms with Gasteiger partial charge in [-0.3, -0.25) is 4.79 Å². The summed E-state index contributed by atoms with van der Waals surface area (Å²) in [6.07, 6.45) is 0. The molecule has 2 heterocycles. The summed E-state index contributed by atoms with van der Waals surface area (Å²) in [7, 11) is 1.58. The Hall–Kier alpha value is -3.20. The van der Waals surface area contributed by atoms with Crippen molar-refractivity contribution in [3.63, 3.8) is 0 Å². The fourth-order valence-corrected chi connectivity index (χ4v) is 4.12. The molecule has 0 amide bonds. The van der Waals surface area contributed by atoms with E-state index < -0.39 is 6.04 Å². The Kier molecular flexibility index (Phi) is 5.54. The highest BCUT2D eigenvalue weighted by Gasteiger charge is 2.33. The number of hydrogen-bond acceptors (Lipinski definition) is 7. The summed E-state index contributed by atoms with van der Waals surface area (Å²) in [6.45, 7) is 3.77. The second kappa shape index (κ2) is 8.27. The molecule has 0 fully saturated rings. The largest absolute Gasteiger partial charge is 0.493 e. The number of carbonyl (C=O) groups is 1.